The predicted octanol–water partition coefficient (Wildman–Crippen LogP) is 3.05. The summed E-state index contributed by atoms with van der Waals surface area (Å²) >= 11 is 0. The quantitative estimate of drug-likeness (QED) is 0.408. The first-order valence-electron chi connectivity index (χ1n) is 12.0. The van der Waals surface area contributed by atoms with E-state index in [-0.39, 0.29) is 11.9 Å². The van der Waals surface area contributed by atoms with Crippen LogP contribution in [0, 0.1) is 12.8 Å². The molecule has 10 nitrogen and oxygen atoms in total. The lowest BCUT2D eigenvalue weighted by Gasteiger charge is -2.30. The lowest BCUT2D eigenvalue weighted by atomic mass is 10.0. The molecule has 2 aromatic heterocycles. The van der Waals surface area contributed by atoms with Crippen molar-refractivity contribution in [3.8, 4) is 17.0 Å². The van der Waals surface area contributed by atoms with Crippen LogP contribution in [0.5, 0.6) is 5.75 Å². The zero-order chi connectivity index (χ0) is 24.5. The van der Waals surface area contributed by atoms with Gasteiger partial charge >= 0.3 is 6.09 Å². The molecular weight excluding hydrogens is 448 g/mol. The topological polar surface area (TPSA) is 146 Å². The van der Waals surface area contributed by atoms with Crippen molar-refractivity contribution in [1.29, 1.82) is 0 Å². The molecule has 1 aliphatic carbocycles. The summed E-state index contributed by atoms with van der Waals surface area (Å²) in [5, 5.41) is 12.2. The maximum Gasteiger partial charge on any atom is 0.407 e. The number of hydrogen-bond acceptors (Lipinski definition) is 6. The zero-order valence-electron chi connectivity index (χ0n) is 19.7. The molecule has 184 valence electrons. The van der Waals surface area contributed by atoms with Gasteiger partial charge in [0.2, 0.25) is 0 Å². The highest BCUT2D eigenvalue weighted by Gasteiger charge is 2.27. The molecule has 5 rings (SSSR count). The fraction of sp³-hybridized carbons (Fsp3) is 0.440. The van der Waals surface area contributed by atoms with Gasteiger partial charge in [0, 0.05) is 36.9 Å². The Kier molecular flexibility index (Phi) is 6.29. The number of benzene rings is 1. The van der Waals surface area contributed by atoms with Gasteiger partial charge in [-0.2, -0.15) is 0 Å². The fourth-order valence-electron chi connectivity index (χ4n) is 4.58. The van der Waals surface area contributed by atoms with E-state index in [9.17, 15) is 9.59 Å². The van der Waals surface area contributed by atoms with Gasteiger partial charge in [-0.05, 0) is 56.2 Å². The van der Waals surface area contributed by atoms with Crippen LogP contribution in [-0.4, -0.2) is 62.7 Å². The van der Waals surface area contributed by atoms with Crippen molar-refractivity contribution in [2.24, 2.45) is 11.7 Å². The molecule has 1 saturated carbocycles. The van der Waals surface area contributed by atoms with Gasteiger partial charge in [0.15, 0.2) is 0 Å². The summed E-state index contributed by atoms with van der Waals surface area (Å²) in [5.74, 6) is 1.11. The molecule has 3 heterocycles. The third kappa shape index (κ3) is 4.79. The molecule has 0 atom stereocenters. The molecule has 10 heteroatoms. The van der Waals surface area contributed by atoms with E-state index < -0.39 is 6.09 Å². The Labute approximate surface area is 202 Å². The van der Waals surface area contributed by atoms with Crippen molar-refractivity contribution in [3.05, 3.63) is 41.3 Å². The molecule has 0 spiro atoms. The molecule has 0 unspecified atom stereocenters. The van der Waals surface area contributed by atoms with Gasteiger partial charge in [0.1, 0.15) is 23.3 Å². The fourth-order valence-corrected chi connectivity index (χ4v) is 4.58. The molecular formula is C25H30N6O4. The number of carboxylic acid groups (broad SMARTS) is 1. The molecule has 3 aromatic rings. The Morgan fingerprint density at radius 2 is 2.00 bits per heavy atom. The Morgan fingerprint density at radius 1 is 1.23 bits per heavy atom. The molecule has 2 aliphatic rings. The molecule has 2 fully saturated rings. The van der Waals surface area contributed by atoms with E-state index in [0.29, 0.717) is 73.0 Å². The van der Waals surface area contributed by atoms with Crippen LogP contribution in [0.3, 0.4) is 0 Å². The van der Waals surface area contributed by atoms with Crippen molar-refractivity contribution in [1.82, 2.24) is 25.2 Å². The Hall–Kier alpha value is -3.66. The summed E-state index contributed by atoms with van der Waals surface area (Å²) in [4.78, 5) is 38.1. The second-order valence-corrected chi connectivity index (χ2v) is 9.38. The van der Waals surface area contributed by atoms with E-state index in [1.807, 2.05) is 25.1 Å². The number of aromatic nitrogens is 3. The third-order valence-corrected chi connectivity index (χ3v) is 6.81. The Morgan fingerprint density at radius 3 is 2.69 bits per heavy atom. The lowest BCUT2D eigenvalue weighted by molar-refractivity contribution is 0.0908. The van der Waals surface area contributed by atoms with Crippen LogP contribution in [0.4, 0.5) is 4.79 Å². The highest BCUT2D eigenvalue weighted by Crippen LogP contribution is 2.37. The summed E-state index contributed by atoms with van der Waals surface area (Å²) < 4.78 is 6.13. The van der Waals surface area contributed by atoms with Crippen LogP contribution in [-0.2, 0) is 6.54 Å². The monoisotopic (exact) mass is 478 g/mol. The number of rotatable bonds is 7. The van der Waals surface area contributed by atoms with Gasteiger partial charge in [-0.25, -0.2) is 14.8 Å². The van der Waals surface area contributed by atoms with Crippen LogP contribution in [0.25, 0.3) is 22.3 Å². The average molecular weight is 479 g/mol. The highest BCUT2D eigenvalue weighted by atomic mass is 16.5. The van der Waals surface area contributed by atoms with Crippen molar-refractivity contribution in [2.75, 3.05) is 19.7 Å². The minimum Gasteiger partial charge on any atom is -0.493 e. The number of H-pyrrole nitrogens is 1. The van der Waals surface area contributed by atoms with E-state index in [1.165, 1.54) is 24.1 Å². The van der Waals surface area contributed by atoms with Crippen LogP contribution in [0.2, 0.25) is 0 Å². The van der Waals surface area contributed by atoms with Gasteiger partial charge in [-0.15, -0.1) is 0 Å². The highest BCUT2D eigenvalue weighted by molar-refractivity contribution is 6.09. The number of aromatic amines is 1. The molecule has 1 aromatic carbocycles. The minimum atomic E-state index is -0.925. The number of carbonyl (C=O) groups excluding carboxylic acids is 1. The van der Waals surface area contributed by atoms with E-state index in [2.05, 4.69) is 20.3 Å². The van der Waals surface area contributed by atoms with Crippen LogP contribution in [0.1, 0.15) is 47.3 Å². The predicted molar refractivity (Wildman–Crippen MR) is 130 cm³/mol. The van der Waals surface area contributed by atoms with Gasteiger partial charge in [0.05, 0.1) is 17.7 Å². The molecule has 1 saturated heterocycles. The van der Waals surface area contributed by atoms with Crippen molar-refractivity contribution in [2.45, 2.75) is 45.2 Å². The standard InChI is InChI=1S/C25H30N6O4/c1-14-20(24(32)30-17-6-8-31(9-7-17)25(33)34)22-23(29-14)21(27-13-28-22)18-10-16(11-26)4-5-19(18)35-12-15-2-3-15/h4-5,10,13,15,17,29H,2-3,6-9,11-12,26H2,1H3,(H,30,32)(H,33,34). The number of nitrogens with zero attached hydrogens (tertiary/aromatic N) is 3. The smallest absolute Gasteiger partial charge is 0.407 e. The lowest BCUT2D eigenvalue weighted by Crippen LogP contribution is -2.46. The van der Waals surface area contributed by atoms with Crippen molar-refractivity contribution >= 4 is 23.0 Å². The normalized spacial score (nSPS) is 16.5. The molecule has 2 amide bonds. The first-order valence-corrected chi connectivity index (χ1v) is 12.0. The van der Waals surface area contributed by atoms with E-state index in [0.717, 1.165) is 16.9 Å². The van der Waals surface area contributed by atoms with E-state index in [4.69, 9.17) is 15.6 Å². The molecule has 0 radical (unpaired) electrons. The summed E-state index contributed by atoms with van der Waals surface area (Å²) in [5.41, 5.74) is 10.7. The largest absolute Gasteiger partial charge is 0.493 e. The maximum atomic E-state index is 13.3. The maximum absolute atomic E-state index is 13.3. The number of hydrogen-bond donors (Lipinski definition) is 4. The van der Waals surface area contributed by atoms with Gasteiger partial charge in [-0.3, -0.25) is 4.79 Å². The number of carbonyl (C=O) groups is 2. The SMILES string of the molecule is Cc1[nH]c2c(-c3cc(CN)ccc3OCC3CC3)ncnc2c1C(=O)NC1CCN(C(=O)O)CC1. The second kappa shape index (κ2) is 9.53. The first-order chi connectivity index (χ1) is 16.9. The summed E-state index contributed by atoms with van der Waals surface area (Å²) in [7, 11) is 0. The van der Waals surface area contributed by atoms with Crippen LogP contribution >= 0.6 is 0 Å². The first kappa shape index (κ1) is 23.1. The number of nitrogens with one attached hydrogen (secondary N) is 2. The number of piperidine rings is 1. The van der Waals surface area contributed by atoms with E-state index in [1.54, 1.807) is 0 Å². The number of ether oxygens (including phenoxy) is 1. The molecule has 1 aliphatic heterocycles. The number of likely N-dealkylation sites (tertiary alicyclic amines) is 1. The average Bonchev–Trinajstić information content (AvgIpc) is 3.62. The molecule has 5 N–H and O–H groups in total. The van der Waals surface area contributed by atoms with Gasteiger partial charge in [-0.1, -0.05) is 6.07 Å². The van der Waals surface area contributed by atoms with E-state index >= 15 is 0 Å². The summed E-state index contributed by atoms with van der Waals surface area (Å²) in [6.45, 7) is 3.71. The summed E-state index contributed by atoms with van der Waals surface area (Å²) in [6, 6.07) is 5.78. The number of fused-ring (bicyclic) bond motifs is 1. The van der Waals surface area contributed by atoms with Crippen LogP contribution in [0.15, 0.2) is 24.5 Å². The Bertz CT molecular complexity index is 1260. The minimum absolute atomic E-state index is 0.0904. The van der Waals surface area contributed by atoms with Crippen LogP contribution < -0.4 is 15.8 Å². The molecule has 0 bridgehead atoms. The van der Waals surface area contributed by atoms with Gasteiger partial charge in [0.25, 0.3) is 5.91 Å². The number of nitrogens with two attached hydrogens (primary N) is 1. The Balaban J connectivity index is 1.45. The number of aryl methyl sites for hydroxylation is 1. The van der Waals surface area contributed by atoms with Crippen molar-refractivity contribution < 1.29 is 19.4 Å². The van der Waals surface area contributed by atoms with Gasteiger partial charge < -0.3 is 30.8 Å². The third-order valence-electron chi connectivity index (χ3n) is 6.81. The van der Waals surface area contributed by atoms with Crippen molar-refractivity contribution in [3.63, 3.8) is 0 Å². The second-order valence-electron chi connectivity index (χ2n) is 9.38. The zero-order valence-corrected chi connectivity index (χ0v) is 19.7. The summed E-state index contributed by atoms with van der Waals surface area (Å²) in [6.07, 6.45) is 4.08. The number of amides is 2. The molecule has 35 heavy (non-hydrogen) atoms.